The third-order valence-electron chi connectivity index (χ3n) is 3.40. The van der Waals surface area contributed by atoms with Crippen molar-refractivity contribution in [1.29, 1.82) is 0 Å². The summed E-state index contributed by atoms with van der Waals surface area (Å²) in [5, 5.41) is 29.9. The predicted octanol–water partition coefficient (Wildman–Crippen LogP) is 0.427. The summed E-state index contributed by atoms with van der Waals surface area (Å²) in [6, 6.07) is 0. The highest BCUT2D eigenvalue weighted by atomic mass is 16.7. The molecule has 5 atom stereocenters. The molecule has 0 aromatic rings. The van der Waals surface area contributed by atoms with Gasteiger partial charge in [0.05, 0.1) is 6.61 Å². The van der Waals surface area contributed by atoms with Crippen LogP contribution in [0.3, 0.4) is 0 Å². The molecule has 0 radical (unpaired) electrons. The molecule has 1 rings (SSSR count). The van der Waals surface area contributed by atoms with Gasteiger partial charge in [0.25, 0.3) is 0 Å². The molecule has 0 aromatic heterocycles. The van der Waals surface area contributed by atoms with Gasteiger partial charge in [0.15, 0.2) is 6.29 Å². The molecule has 3 N–H and O–H groups in total. The molecule has 20 heavy (non-hydrogen) atoms. The van der Waals surface area contributed by atoms with Crippen LogP contribution in [0.4, 0.5) is 0 Å². The van der Waals surface area contributed by atoms with Gasteiger partial charge in [-0.3, -0.25) is 0 Å². The van der Waals surface area contributed by atoms with Gasteiger partial charge < -0.3 is 29.5 Å². The Morgan fingerprint density at radius 2 is 1.60 bits per heavy atom. The summed E-state index contributed by atoms with van der Waals surface area (Å²) in [4.78, 5) is 0. The van der Waals surface area contributed by atoms with E-state index in [9.17, 15) is 15.3 Å². The zero-order valence-corrected chi connectivity index (χ0v) is 12.4. The minimum absolute atomic E-state index is 0.150. The molecule has 0 saturated carbocycles. The molecule has 3 unspecified atom stereocenters. The van der Waals surface area contributed by atoms with E-state index in [0.29, 0.717) is 13.2 Å². The Labute approximate surface area is 120 Å². The minimum Gasteiger partial charge on any atom is -0.387 e. The minimum atomic E-state index is -1.25. The topological polar surface area (TPSA) is 88.4 Å². The number of aliphatic hydroxyl groups excluding tert-OH is 3. The molecule has 6 nitrogen and oxygen atoms in total. The molecule has 0 aliphatic carbocycles. The van der Waals surface area contributed by atoms with Crippen molar-refractivity contribution in [3.8, 4) is 0 Å². The lowest BCUT2D eigenvalue weighted by Gasteiger charge is -2.40. The van der Waals surface area contributed by atoms with E-state index in [4.69, 9.17) is 14.2 Å². The van der Waals surface area contributed by atoms with Crippen LogP contribution in [-0.4, -0.2) is 65.8 Å². The zero-order chi connectivity index (χ0) is 15.0. The molecule has 1 heterocycles. The highest BCUT2D eigenvalue weighted by molar-refractivity contribution is 4.89. The van der Waals surface area contributed by atoms with E-state index >= 15 is 0 Å². The van der Waals surface area contributed by atoms with Gasteiger partial charge >= 0.3 is 0 Å². The fraction of sp³-hybridized carbons (Fsp3) is 1.00. The third-order valence-corrected chi connectivity index (χ3v) is 3.40. The van der Waals surface area contributed by atoms with Gasteiger partial charge in [-0.2, -0.15) is 0 Å². The quantitative estimate of drug-likeness (QED) is 0.534. The molecule has 1 fully saturated rings. The molecular weight excluding hydrogens is 264 g/mol. The number of hydrogen-bond donors (Lipinski definition) is 3. The summed E-state index contributed by atoms with van der Waals surface area (Å²) >= 11 is 0. The average molecular weight is 292 g/mol. The van der Waals surface area contributed by atoms with Crippen LogP contribution in [0.2, 0.25) is 0 Å². The molecule has 1 saturated heterocycles. The summed E-state index contributed by atoms with van der Waals surface area (Å²) in [5.74, 6) is 0. The van der Waals surface area contributed by atoms with Crippen molar-refractivity contribution in [3.63, 3.8) is 0 Å². The van der Waals surface area contributed by atoms with Crippen molar-refractivity contribution < 1.29 is 29.5 Å². The standard InChI is InChI=1S/C14H28O6/c1-3-5-7-18-9-10-11(15)12(16)13(14(17)20-10)19-8-6-4-2/h10-17H,3-9H2,1-2H3/t10?,11-,12?,13?,14+/m0/s1. The Morgan fingerprint density at radius 3 is 2.25 bits per heavy atom. The summed E-state index contributed by atoms with van der Waals surface area (Å²) in [5.41, 5.74) is 0. The largest absolute Gasteiger partial charge is 0.387 e. The number of aliphatic hydroxyl groups is 3. The van der Waals surface area contributed by atoms with Crippen LogP contribution in [0.1, 0.15) is 39.5 Å². The van der Waals surface area contributed by atoms with E-state index in [2.05, 4.69) is 6.92 Å². The van der Waals surface area contributed by atoms with Crippen LogP contribution in [0.15, 0.2) is 0 Å². The van der Waals surface area contributed by atoms with Crippen LogP contribution in [0, 0.1) is 0 Å². The fourth-order valence-electron chi connectivity index (χ4n) is 2.05. The second-order valence-electron chi connectivity index (χ2n) is 5.16. The Bertz CT molecular complexity index is 248. The lowest BCUT2D eigenvalue weighted by Crippen LogP contribution is -2.59. The molecular formula is C14H28O6. The third kappa shape index (κ3) is 5.27. The van der Waals surface area contributed by atoms with Crippen LogP contribution in [0.5, 0.6) is 0 Å². The van der Waals surface area contributed by atoms with Gasteiger partial charge in [0.1, 0.15) is 24.4 Å². The zero-order valence-electron chi connectivity index (χ0n) is 12.4. The van der Waals surface area contributed by atoms with Crippen molar-refractivity contribution in [2.45, 2.75) is 70.2 Å². The molecule has 1 aliphatic heterocycles. The second kappa shape index (κ2) is 9.65. The van der Waals surface area contributed by atoms with E-state index < -0.39 is 30.7 Å². The fourth-order valence-corrected chi connectivity index (χ4v) is 2.05. The van der Waals surface area contributed by atoms with Crippen LogP contribution in [-0.2, 0) is 14.2 Å². The first-order chi connectivity index (χ1) is 9.61. The maximum absolute atomic E-state index is 10.0. The van der Waals surface area contributed by atoms with Gasteiger partial charge in [0.2, 0.25) is 0 Å². The van der Waals surface area contributed by atoms with Gasteiger partial charge in [-0.05, 0) is 12.8 Å². The van der Waals surface area contributed by atoms with Crippen molar-refractivity contribution in [2.75, 3.05) is 19.8 Å². The molecule has 0 spiro atoms. The summed E-state index contributed by atoms with van der Waals surface area (Å²) in [6.45, 7) is 5.22. The normalized spacial score (nSPS) is 34.4. The molecule has 0 amide bonds. The summed E-state index contributed by atoms with van der Waals surface area (Å²) in [6.07, 6.45) is -1.45. The van der Waals surface area contributed by atoms with Gasteiger partial charge in [-0.15, -0.1) is 0 Å². The average Bonchev–Trinajstić information content (AvgIpc) is 2.44. The predicted molar refractivity (Wildman–Crippen MR) is 73.3 cm³/mol. The van der Waals surface area contributed by atoms with E-state index in [0.717, 1.165) is 25.7 Å². The van der Waals surface area contributed by atoms with Crippen molar-refractivity contribution in [2.24, 2.45) is 0 Å². The monoisotopic (exact) mass is 292 g/mol. The highest BCUT2D eigenvalue weighted by Crippen LogP contribution is 2.23. The Morgan fingerprint density at radius 1 is 0.950 bits per heavy atom. The summed E-state index contributed by atoms with van der Waals surface area (Å²) in [7, 11) is 0. The van der Waals surface area contributed by atoms with E-state index in [1.165, 1.54) is 0 Å². The summed E-state index contributed by atoms with van der Waals surface area (Å²) < 4.78 is 16.0. The number of hydrogen-bond acceptors (Lipinski definition) is 6. The Hall–Kier alpha value is -0.240. The SMILES string of the molecule is CCCCOCC1O[C@@H](O)C(OCCCC)C(O)[C@H]1O. The first-order valence-corrected chi connectivity index (χ1v) is 7.50. The Kier molecular flexibility index (Phi) is 8.60. The Balaban J connectivity index is 2.40. The lowest BCUT2D eigenvalue weighted by molar-refractivity contribution is -0.298. The maximum atomic E-state index is 10.0. The number of rotatable bonds is 9. The molecule has 0 aromatic carbocycles. The van der Waals surface area contributed by atoms with E-state index in [1.807, 2.05) is 6.92 Å². The lowest BCUT2D eigenvalue weighted by atomic mass is 9.99. The van der Waals surface area contributed by atoms with E-state index in [1.54, 1.807) is 0 Å². The molecule has 6 heteroatoms. The number of ether oxygens (including phenoxy) is 3. The van der Waals surface area contributed by atoms with Crippen molar-refractivity contribution in [1.82, 2.24) is 0 Å². The van der Waals surface area contributed by atoms with Crippen LogP contribution < -0.4 is 0 Å². The van der Waals surface area contributed by atoms with Crippen LogP contribution >= 0.6 is 0 Å². The van der Waals surface area contributed by atoms with Gasteiger partial charge in [0, 0.05) is 13.2 Å². The molecule has 0 bridgehead atoms. The van der Waals surface area contributed by atoms with Crippen molar-refractivity contribution in [3.05, 3.63) is 0 Å². The first-order valence-electron chi connectivity index (χ1n) is 7.50. The molecule has 1 aliphatic rings. The highest BCUT2D eigenvalue weighted by Gasteiger charge is 2.44. The van der Waals surface area contributed by atoms with Crippen molar-refractivity contribution >= 4 is 0 Å². The van der Waals surface area contributed by atoms with Gasteiger partial charge in [-0.25, -0.2) is 0 Å². The first kappa shape index (κ1) is 17.8. The van der Waals surface area contributed by atoms with E-state index in [-0.39, 0.29) is 6.61 Å². The maximum Gasteiger partial charge on any atom is 0.184 e. The smallest absolute Gasteiger partial charge is 0.184 e. The van der Waals surface area contributed by atoms with Crippen LogP contribution in [0.25, 0.3) is 0 Å². The second-order valence-corrected chi connectivity index (χ2v) is 5.16. The van der Waals surface area contributed by atoms with Gasteiger partial charge in [-0.1, -0.05) is 26.7 Å². The number of unbranched alkanes of at least 4 members (excludes halogenated alkanes) is 2. The molecule has 120 valence electrons.